The summed E-state index contributed by atoms with van der Waals surface area (Å²) in [6.07, 6.45) is 1.73. The van der Waals surface area contributed by atoms with E-state index in [1.54, 1.807) is 37.3 Å². The highest BCUT2D eigenvalue weighted by molar-refractivity contribution is 6.31. The van der Waals surface area contributed by atoms with Crippen LogP contribution in [0.1, 0.15) is 38.8 Å². The van der Waals surface area contributed by atoms with Crippen LogP contribution in [0.25, 0.3) is 6.08 Å². The number of carbonyl (C=O) groups excluding carboxylic acids is 2. The lowest BCUT2D eigenvalue weighted by atomic mass is 9.86. The van der Waals surface area contributed by atoms with Gasteiger partial charge in [-0.25, -0.2) is 4.79 Å². The van der Waals surface area contributed by atoms with Crippen LogP contribution in [0.15, 0.2) is 65.4 Å². The average Bonchev–Trinajstić information content (AvgIpc) is 2.91. The number of allylic oxidation sites excluding steroid dienone is 1. The Labute approximate surface area is 176 Å². The van der Waals surface area contributed by atoms with Crippen LogP contribution in [0, 0.1) is 0 Å². The normalized spacial score (nSPS) is 16.0. The van der Waals surface area contributed by atoms with Gasteiger partial charge in [-0.2, -0.15) is 0 Å². The highest BCUT2D eigenvalue weighted by Crippen LogP contribution is 2.36. The molecule has 0 spiro atoms. The van der Waals surface area contributed by atoms with Gasteiger partial charge in [0.25, 0.3) is 5.91 Å². The molecule has 2 aromatic carbocycles. The molecule has 0 saturated heterocycles. The minimum Gasteiger partial charge on any atom is -0.465 e. The molecule has 0 aliphatic carbocycles. The van der Waals surface area contributed by atoms with Crippen molar-refractivity contribution in [2.45, 2.75) is 33.1 Å². The first-order valence-electron chi connectivity index (χ1n) is 9.35. The van der Waals surface area contributed by atoms with Crippen molar-refractivity contribution >= 4 is 35.2 Å². The number of halogens is 1. The van der Waals surface area contributed by atoms with E-state index in [2.05, 4.69) is 20.8 Å². The van der Waals surface area contributed by atoms with E-state index in [-0.39, 0.29) is 16.9 Å². The number of methoxy groups -OCH3 is 1. The van der Waals surface area contributed by atoms with Crippen LogP contribution < -0.4 is 4.90 Å². The summed E-state index contributed by atoms with van der Waals surface area (Å²) in [6.45, 7) is 8.16. The molecule has 1 amide bonds. The average molecular weight is 410 g/mol. The van der Waals surface area contributed by atoms with Gasteiger partial charge in [0.2, 0.25) is 0 Å². The number of benzene rings is 2. The van der Waals surface area contributed by atoms with Gasteiger partial charge in [0.05, 0.1) is 23.9 Å². The van der Waals surface area contributed by atoms with Crippen molar-refractivity contribution < 1.29 is 14.3 Å². The third-order valence-corrected chi connectivity index (χ3v) is 5.18. The van der Waals surface area contributed by atoms with Gasteiger partial charge in [0.15, 0.2) is 0 Å². The molecule has 0 atom stereocenters. The number of rotatable bonds is 3. The number of carbonyl (C=O) groups is 2. The summed E-state index contributed by atoms with van der Waals surface area (Å²) in [7, 11) is 1.31. The summed E-state index contributed by atoms with van der Waals surface area (Å²) in [5.74, 6) is -0.831. The Morgan fingerprint density at radius 3 is 2.31 bits per heavy atom. The zero-order valence-electron chi connectivity index (χ0n) is 17.2. The van der Waals surface area contributed by atoms with Gasteiger partial charge in [-0.1, -0.05) is 62.7 Å². The largest absolute Gasteiger partial charge is 0.465 e. The summed E-state index contributed by atoms with van der Waals surface area (Å²) < 4.78 is 4.95. The molecule has 4 nitrogen and oxygen atoms in total. The van der Waals surface area contributed by atoms with Gasteiger partial charge >= 0.3 is 5.97 Å². The quantitative estimate of drug-likeness (QED) is 0.495. The highest BCUT2D eigenvalue weighted by Gasteiger charge is 2.37. The maximum Gasteiger partial charge on any atom is 0.340 e. The first-order valence-corrected chi connectivity index (χ1v) is 9.73. The molecule has 0 saturated carbocycles. The molecule has 0 radical (unpaired) electrons. The minimum absolute atomic E-state index is 0.0336. The van der Waals surface area contributed by atoms with E-state index in [1.807, 2.05) is 24.3 Å². The van der Waals surface area contributed by atoms with E-state index < -0.39 is 5.97 Å². The molecular formula is C24H24ClNO3. The smallest absolute Gasteiger partial charge is 0.340 e. The SMILES string of the molecule is COC(=O)C1=C(C)N(c2cccc(Cl)c2)C(=O)/C1=C\c1ccc(C(C)(C)C)cc1. The van der Waals surface area contributed by atoms with Gasteiger partial charge in [-0.15, -0.1) is 0 Å². The van der Waals surface area contributed by atoms with Crippen LogP contribution in [0.5, 0.6) is 0 Å². The Morgan fingerprint density at radius 2 is 1.76 bits per heavy atom. The molecule has 0 fully saturated rings. The fourth-order valence-electron chi connectivity index (χ4n) is 3.35. The predicted molar refractivity (Wildman–Crippen MR) is 117 cm³/mol. The standard InChI is InChI=1S/C24H24ClNO3/c1-15-21(23(28)29-5)20(13-16-9-11-17(12-10-16)24(2,3)4)22(27)26(15)19-8-6-7-18(25)14-19/h6-14H,1-5H3/b20-13-. The van der Waals surface area contributed by atoms with Crippen LogP contribution >= 0.6 is 11.6 Å². The molecule has 0 unspecified atom stereocenters. The monoisotopic (exact) mass is 409 g/mol. The molecule has 0 bridgehead atoms. The Balaban J connectivity index is 2.08. The number of anilines is 1. The molecule has 0 aromatic heterocycles. The Hall–Kier alpha value is -2.85. The van der Waals surface area contributed by atoms with Crippen molar-refractivity contribution in [3.8, 4) is 0 Å². The fraction of sp³-hybridized carbons (Fsp3) is 0.250. The van der Waals surface area contributed by atoms with Gasteiger partial charge in [-0.3, -0.25) is 9.69 Å². The minimum atomic E-state index is -0.544. The zero-order valence-corrected chi connectivity index (χ0v) is 18.0. The number of hydrogen-bond donors (Lipinski definition) is 0. The molecule has 150 valence electrons. The van der Waals surface area contributed by atoms with Gasteiger partial charge in [0.1, 0.15) is 0 Å². The second-order valence-electron chi connectivity index (χ2n) is 8.00. The van der Waals surface area contributed by atoms with Crippen molar-refractivity contribution in [1.29, 1.82) is 0 Å². The summed E-state index contributed by atoms with van der Waals surface area (Å²) in [5, 5.41) is 0.512. The maximum atomic E-state index is 13.3. The van der Waals surface area contributed by atoms with Crippen molar-refractivity contribution in [3.05, 3.63) is 81.5 Å². The number of amides is 1. The van der Waals surface area contributed by atoms with E-state index in [1.165, 1.54) is 17.6 Å². The Morgan fingerprint density at radius 1 is 1.10 bits per heavy atom. The summed E-state index contributed by atoms with van der Waals surface area (Å²) in [5.41, 5.74) is 3.75. The predicted octanol–water partition coefficient (Wildman–Crippen LogP) is 5.51. The number of nitrogens with zero attached hydrogens (tertiary/aromatic N) is 1. The van der Waals surface area contributed by atoms with Crippen molar-refractivity contribution in [1.82, 2.24) is 0 Å². The van der Waals surface area contributed by atoms with E-state index in [0.29, 0.717) is 22.0 Å². The lowest BCUT2D eigenvalue weighted by molar-refractivity contribution is -0.136. The third kappa shape index (κ3) is 4.13. The maximum absolute atomic E-state index is 13.3. The molecule has 3 rings (SSSR count). The van der Waals surface area contributed by atoms with Crippen LogP contribution in [-0.2, 0) is 19.7 Å². The van der Waals surface area contributed by atoms with E-state index >= 15 is 0 Å². The molecule has 1 aliphatic heterocycles. The summed E-state index contributed by atoms with van der Waals surface area (Å²) >= 11 is 6.10. The van der Waals surface area contributed by atoms with E-state index in [9.17, 15) is 9.59 Å². The topological polar surface area (TPSA) is 46.6 Å². The molecule has 0 N–H and O–H groups in total. The van der Waals surface area contributed by atoms with Crippen LogP contribution in [-0.4, -0.2) is 19.0 Å². The fourth-order valence-corrected chi connectivity index (χ4v) is 3.54. The van der Waals surface area contributed by atoms with Crippen molar-refractivity contribution in [2.24, 2.45) is 0 Å². The highest BCUT2D eigenvalue weighted by atomic mass is 35.5. The van der Waals surface area contributed by atoms with E-state index in [4.69, 9.17) is 16.3 Å². The van der Waals surface area contributed by atoms with Crippen molar-refractivity contribution in [3.63, 3.8) is 0 Å². The first kappa shape index (κ1) is 20.9. The van der Waals surface area contributed by atoms with Gasteiger partial charge in [0, 0.05) is 10.7 Å². The van der Waals surface area contributed by atoms with Crippen LogP contribution in [0.3, 0.4) is 0 Å². The molecular weight excluding hydrogens is 386 g/mol. The molecule has 29 heavy (non-hydrogen) atoms. The number of esters is 1. The second kappa shape index (κ2) is 7.88. The lowest BCUT2D eigenvalue weighted by Crippen LogP contribution is -2.24. The molecule has 5 heteroatoms. The zero-order chi connectivity index (χ0) is 21.3. The van der Waals surface area contributed by atoms with Crippen molar-refractivity contribution in [2.75, 3.05) is 12.0 Å². The number of hydrogen-bond acceptors (Lipinski definition) is 3. The van der Waals surface area contributed by atoms with Gasteiger partial charge < -0.3 is 4.74 Å². The first-order chi connectivity index (χ1) is 13.6. The second-order valence-corrected chi connectivity index (χ2v) is 8.44. The Bertz CT molecular complexity index is 1030. The van der Waals surface area contributed by atoms with Gasteiger partial charge in [-0.05, 0) is 47.7 Å². The van der Waals surface area contributed by atoms with Crippen LogP contribution in [0.2, 0.25) is 5.02 Å². The van der Waals surface area contributed by atoms with E-state index in [0.717, 1.165) is 5.56 Å². The Kier molecular flexibility index (Phi) is 5.67. The summed E-state index contributed by atoms with van der Waals surface area (Å²) in [6, 6.07) is 15.0. The third-order valence-electron chi connectivity index (χ3n) is 4.94. The molecule has 1 aliphatic rings. The summed E-state index contributed by atoms with van der Waals surface area (Å²) in [4.78, 5) is 27.2. The molecule has 2 aromatic rings. The van der Waals surface area contributed by atoms with Crippen LogP contribution in [0.4, 0.5) is 5.69 Å². The lowest BCUT2D eigenvalue weighted by Gasteiger charge is -2.19. The molecule has 1 heterocycles. The number of ether oxygens (including phenoxy) is 1.